The van der Waals surface area contributed by atoms with Crippen molar-refractivity contribution >= 4 is 28.8 Å². The van der Waals surface area contributed by atoms with Crippen LogP contribution in [0.3, 0.4) is 0 Å². The third-order valence-corrected chi connectivity index (χ3v) is 16.6. The highest BCUT2D eigenvalue weighted by molar-refractivity contribution is 6.07. The molecule has 3 N–H and O–H groups in total. The Morgan fingerprint density at radius 2 is 1.42 bits per heavy atom. The van der Waals surface area contributed by atoms with Crippen molar-refractivity contribution in [3.05, 3.63) is 153 Å². The van der Waals surface area contributed by atoms with Crippen LogP contribution in [0.5, 0.6) is 11.5 Å². The van der Waals surface area contributed by atoms with Crippen LogP contribution < -0.4 is 20.1 Å². The molecule has 1 saturated heterocycles. The lowest BCUT2D eigenvalue weighted by Crippen LogP contribution is -2.48. The minimum Gasteiger partial charge on any atom is -0.490 e. The molecule has 10 nitrogen and oxygen atoms in total. The number of nitrogens with one attached hydrogen (secondary N) is 2. The van der Waals surface area contributed by atoms with Crippen LogP contribution in [0.4, 0.5) is 5.69 Å². The fourth-order valence-electron chi connectivity index (χ4n) is 11.6. The molecule has 4 aromatic carbocycles. The number of hydrogen-bond acceptors (Lipinski definition) is 7. The van der Waals surface area contributed by atoms with Crippen molar-refractivity contribution in [2.45, 2.75) is 142 Å². The Morgan fingerprint density at radius 1 is 0.724 bits per heavy atom. The smallest absolute Gasteiger partial charge is 0.251 e. The van der Waals surface area contributed by atoms with E-state index in [9.17, 15) is 9.59 Å². The van der Waals surface area contributed by atoms with Gasteiger partial charge in [-0.3, -0.25) is 9.59 Å². The van der Waals surface area contributed by atoms with Crippen molar-refractivity contribution in [3.63, 3.8) is 0 Å². The minimum atomic E-state index is -0.301. The lowest BCUT2D eigenvalue weighted by atomic mass is 9.63. The number of allylic oxidation sites excluding steroid dienone is 5. The zero-order chi connectivity index (χ0) is 53.6. The largest absolute Gasteiger partial charge is 0.490 e. The number of anilines is 1. The fraction of sp³-hybridized carbons (Fsp3) is 0.500. The number of aliphatic hydroxyl groups excluding tert-OH is 1. The maximum absolute atomic E-state index is 14.0. The van der Waals surface area contributed by atoms with Gasteiger partial charge in [0.2, 0.25) is 5.91 Å². The molecule has 0 unspecified atom stereocenters. The first kappa shape index (κ1) is 56.4. The van der Waals surface area contributed by atoms with Crippen molar-refractivity contribution in [1.29, 1.82) is 0 Å². The molecule has 0 radical (unpaired) electrons. The molecule has 2 fully saturated rings. The van der Waals surface area contributed by atoms with E-state index in [-0.39, 0.29) is 29.8 Å². The van der Waals surface area contributed by atoms with Crippen molar-refractivity contribution in [2.24, 2.45) is 5.92 Å². The average Bonchev–Trinajstić information content (AvgIpc) is 3.46. The summed E-state index contributed by atoms with van der Waals surface area (Å²) in [5.41, 5.74) is 14.2. The fourth-order valence-corrected chi connectivity index (χ4v) is 11.6. The van der Waals surface area contributed by atoms with E-state index in [0.717, 1.165) is 96.5 Å². The van der Waals surface area contributed by atoms with Gasteiger partial charge in [0.05, 0.1) is 19.8 Å². The van der Waals surface area contributed by atoms with Gasteiger partial charge in [-0.05, 0) is 162 Å². The van der Waals surface area contributed by atoms with E-state index < -0.39 is 0 Å². The number of fused-ring (bicyclic) bond motifs is 2. The molecule has 10 heteroatoms. The Balaban J connectivity index is 0.958. The number of rotatable bonds is 28. The Morgan fingerprint density at radius 3 is 2.13 bits per heavy atom. The van der Waals surface area contributed by atoms with Gasteiger partial charge in [-0.25, -0.2) is 4.58 Å². The normalized spacial score (nSPS) is 16.8. The number of carbonyl (C=O) groups excluding carboxylic acids is 2. The van der Waals surface area contributed by atoms with Gasteiger partial charge in [0.25, 0.3) is 5.91 Å². The topological polar surface area (TPSA) is 118 Å². The molecule has 1 aliphatic heterocycles. The van der Waals surface area contributed by atoms with Crippen LogP contribution >= 0.6 is 0 Å². The first-order valence-corrected chi connectivity index (χ1v) is 28.9. The maximum atomic E-state index is 14.0. The van der Waals surface area contributed by atoms with E-state index in [0.29, 0.717) is 82.6 Å². The summed E-state index contributed by atoms with van der Waals surface area (Å²) in [4.78, 5) is 27.7. The first-order valence-electron chi connectivity index (χ1n) is 28.9. The Labute approximate surface area is 454 Å². The molecule has 0 aromatic heterocycles. The molecule has 76 heavy (non-hydrogen) atoms. The zero-order valence-electron chi connectivity index (χ0n) is 46.7. The van der Waals surface area contributed by atoms with Crippen molar-refractivity contribution < 1.29 is 38.2 Å². The monoisotopic (exact) mass is 1030 g/mol. The summed E-state index contributed by atoms with van der Waals surface area (Å²) in [5.74, 6) is 2.85. The zero-order valence-corrected chi connectivity index (χ0v) is 46.7. The van der Waals surface area contributed by atoms with Crippen molar-refractivity contribution in [2.75, 3.05) is 71.2 Å². The Hall–Kier alpha value is -5.81. The molecule has 3 aliphatic carbocycles. The number of unbranched alkanes of at least 4 members (excludes halogenated alkanes) is 3. The van der Waals surface area contributed by atoms with Crippen molar-refractivity contribution in [3.8, 4) is 11.5 Å². The molecule has 0 spiro atoms. The highest BCUT2D eigenvalue weighted by Crippen LogP contribution is 2.52. The van der Waals surface area contributed by atoms with Crippen LogP contribution in [-0.4, -0.2) is 93.1 Å². The van der Waals surface area contributed by atoms with Crippen LogP contribution in [0.25, 0.3) is 5.57 Å². The summed E-state index contributed by atoms with van der Waals surface area (Å²) < 4.78 is 26.6. The molecule has 4 aliphatic rings. The summed E-state index contributed by atoms with van der Waals surface area (Å²) in [5, 5.41) is 15.3. The second-order valence-electron chi connectivity index (χ2n) is 21.9. The first-order chi connectivity index (χ1) is 37.0. The molecular formula is C66H86N3O7+. The molecule has 0 atom stereocenters. The van der Waals surface area contributed by atoms with Gasteiger partial charge >= 0.3 is 0 Å². The van der Waals surface area contributed by atoms with Gasteiger partial charge < -0.3 is 34.7 Å². The predicted molar refractivity (Wildman–Crippen MR) is 308 cm³/mol. The number of amides is 2. The third kappa shape index (κ3) is 13.3. The summed E-state index contributed by atoms with van der Waals surface area (Å²) >= 11 is 0. The molecule has 8 rings (SSSR count). The second kappa shape index (κ2) is 27.0. The molecule has 4 aromatic rings. The van der Waals surface area contributed by atoms with Crippen LogP contribution in [-0.2, 0) is 19.7 Å². The van der Waals surface area contributed by atoms with Crippen LogP contribution in [0.15, 0.2) is 108 Å². The Kier molecular flexibility index (Phi) is 20.0. The second-order valence-corrected chi connectivity index (χ2v) is 21.9. The summed E-state index contributed by atoms with van der Waals surface area (Å²) in [6.07, 6.45) is 18.6. The SMILES string of the molecule is CCC(CC)c1ccccc1OCCOc1cc(NC(=O)C2C[N+](=C3C=CC4=C(c5cc(C(=O)NCCOCCOCCCCCCO)ccc5C)c5ccc(C6CCC6)cc5C(C)(C)C4=C3)C2)ccc1C(CC)CC. The number of hydrogen-bond donors (Lipinski definition) is 3. The minimum absolute atomic E-state index is 0.0135. The Bertz CT molecular complexity index is 2760. The third-order valence-electron chi connectivity index (χ3n) is 16.6. The number of aryl methyl sites for hydroxylation is 1. The standard InChI is InChI=1S/C66H85N3O7/c1-8-46(9-2)54-21-14-15-22-61(54)75-37-38-76-62-41-52(26-29-55(62)47(10-3)11-4)68-65(72)51-43-69(44-51)53-27-30-57-60(42-53)66(6,7)59-40-49(48-19-18-20-48)25-28-56(59)63(57)58-39-50(24-23-45(58)5)64(71)67-31-34-74-36-35-73-33-17-13-12-16-32-70/h14-15,21-30,39-42,46-48,51,70H,8-13,16-20,31-38,43-44H2,1-7H3,(H-,67,68,71,72)/p+1. The van der Waals surface area contributed by atoms with E-state index >= 15 is 0 Å². The highest BCUT2D eigenvalue weighted by Gasteiger charge is 2.43. The van der Waals surface area contributed by atoms with Gasteiger partial charge in [0.15, 0.2) is 24.7 Å². The molecule has 1 saturated carbocycles. The molecular weight excluding hydrogens is 947 g/mol. The van der Waals surface area contributed by atoms with E-state index in [2.05, 4.69) is 137 Å². The lowest BCUT2D eigenvalue weighted by Gasteiger charge is -2.40. The van der Waals surface area contributed by atoms with Gasteiger partial charge in [0.1, 0.15) is 24.7 Å². The van der Waals surface area contributed by atoms with E-state index in [1.807, 2.05) is 24.3 Å². The van der Waals surface area contributed by atoms with Crippen LogP contribution in [0, 0.1) is 12.8 Å². The maximum Gasteiger partial charge on any atom is 0.251 e. The van der Waals surface area contributed by atoms with Gasteiger partial charge in [0, 0.05) is 54.6 Å². The lowest BCUT2D eigenvalue weighted by molar-refractivity contribution is -0.596. The van der Waals surface area contributed by atoms with Crippen LogP contribution in [0.2, 0.25) is 0 Å². The van der Waals surface area contributed by atoms with Gasteiger partial charge in [-0.2, -0.15) is 0 Å². The molecule has 0 bridgehead atoms. The average molecular weight is 1030 g/mol. The molecule has 406 valence electrons. The number of aliphatic hydroxyl groups is 1. The summed E-state index contributed by atoms with van der Waals surface area (Å²) in [7, 11) is 0. The van der Waals surface area contributed by atoms with Crippen LogP contribution in [0.1, 0.15) is 179 Å². The number of nitrogens with zero attached hydrogens (tertiary/aromatic N) is 1. The van der Waals surface area contributed by atoms with E-state index in [1.165, 1.54) is 52.7 Å². The van der Waals surface area contributed by atoms with Gasteiger partial charge in [-0.15, -0.1) is 0 Å². The summed E-state index contributed by atoms with van der Waals surface area (Å²) in [6, 6.07) is 27.7. The quantitative estimate of drug-likeness (QED) is 0.0383. The van der Waals surface area contributed by atoms with Gasteiger partial charge in [-0.1, -0.05) is 109 Å². The number of ether oxygens (including phenoxy) is 4. The van der Waals surface area contributed by atoms with Crippen molar-refractivity contribution in [1.82, 2.24) is 5.32 Å². The number of para-hydroxylation sites is 1. The molecule has 2 amide bonds. The van der Waals surface area contributed by atoms with E-state index in [1.54, 1.807) is 0 Å². The summed E-state index contributed by atoms with van der Waals surface area (Å²) in [6.45, 7) is 20.5. The molecule has 1 heterocycles. The highest BCUT2D eigenvalue weighted by atomic mass is 16.5. The number of carbonyl (C=O) groups is 2. The predicted octanol–water partition coefficient (Wildman–Crippen LogP) is 13.2. The van der Waals surface area contributed by atoms with E-state index in [4.69, 9.17) is 24.1 Å². The number of benzene rings is 4.